The zero-order valence-corrected chi connectivity index (χ0v) is 26.9. The predicted octanol–water partition coefficient (Wildman–Crippen LogP) is 4.34. The fourth-order valence-corrected chi connectivity index (χ4v) is 4.74. The highest BCUT2D eigenvalue weighted by atomic mass is 16.5. The highest BCUT2D eigenvalue weighted by Gasteiger charge is 2.14. The van der Waals surface area contributed by atoms with Gasteiger partial charge in [-0.15, -0.1) is 0 Å². The van der Waals surface area contributed by atoms with Crippen LogP contribution in [0.4, 0.5) is 0 Å². The molecule has 0 spiro atoms. The van der Waals surface area contributed by atoms with Crippen LogP contribution in [0, 0.1) is 0 Å². The van der Waals surface area contributed by atoms with Crippen LogP contribution in [0.25, 0.3) is 22.0 Å². The van der Waals surface area contributed by atoms with Crippen LogP contribution in [0.3, 0.4) is 0 Å². The molecule has 0 atom stereocenters. The third-order valence-electron chi connectivity index (χ3n) is 7.24. The van der Waals surface area contributed by atoms with E-state index >= 15 is 0 Å². The van der Waals surface area contributed by atoms with Crippen molar-refractivity contribution >= 4 is 22.7 Å². The third kappa shape index (κ3) is 9.14. The van der Waals surface area contributed by atoms with E-state index in [2.05, 4.69) is 11.9 Å². The van der Waals surface area contributed by atoms with Crippen molar-refractivity contribution in [1.29, 1.82) is 0 Å². The molecule has 1 heterocycles. The van der Waals surface area contributed by atoms with E-state index in [0.717, 1.165) is 53.9 Å². The lowest BCUT2D eigenvalue weighted by Crippen LogP contribution is -2.23. The number of benzene rings is 3. The van der Waals surface area contributed by atoms with Gasteiger partial charge in [-0.05, 0) is 91.0 Å². The van der Waals surface area contributed by atoms with Gasteiger partial charge >= 0.3 is 11.9 Å². The molecule has 12 nitrogen and oxygen atoms in total. The van der Waals surface area contributed by atoms with E-state index < -0.39 is 11.9 Å². The molecular formula is C34H40N2O10. The molecule has 0 radical (unpaired) electrons. The Labute approximate surface area is 267 Å². The number of likely N-dealkylation sites (N-methyl/N-ethyl adjacent to an activating group) is 1. The number of aromatic nitrogens is 1. The number of rotatable bonds is 13. The quantitative estimate of drug-likeness (QED) is 0.160. The summed E-state index contributed by atoms with van der Waals surface area (Å²) >= 11 is 0. The number of carboxylic acids is 2. The maximum absolute atomic E-state index is 13.0. The Hall–Kier alpha value is -5.23. The fraction of sp³-hybridized carbons (Fsp3) is 0.324. The van der Waals surface area contributed by atoms with Crippen molar-refractivity contribution < 1.29 is 43.5 Å². The van der Waals surface area contributed by atoms with Crippen molar-refractivity contribution in [2.24, 2.45) is 7.05 Å². The Balaban J connectivity index is 0.000000875. The van der Waals surface area contributed by atoms with Crippen LogP contribution >= 0.6 is 0 Å². The zero-order chi connectivity index (χ0) is 33.8. The molecule has 0 aliphatic carbocycles. The molecule has 0 aliphatic rings. The van der Waals surface area contributed by atoms with Crippen LogP contribution < -0.4 is 29.2 Å². The van der Waals surface area contributed by atoms with Gasteiger partial charge in [0.2, 0.25) is 5.75 Å². The second-order valence-electron chi connectivity index (χ2n) is 10.3. The fourth-order valence-electron chi connectivity index (χ4n) is 4.74. The summed E-state index contributed by atoms with van der Waals surface area (Å²) in [6.07, 6.45) is 1.76. The van der Waals surface area contributed by atoms with Crippen LogP contribution in [-0.2, 0) is 23.1 Å². The Morgan fingerprint density at radius 1 is 0.783 bits per heavy atom. The molecule has 0 amide bonds. The van der Waals surface area contributed by atoms with Gasteiger partial charge < -0.3 is 43.4 Å². The topological polar surface area (TPSA) is 146 Å². The van der Waals surface area contributed by atoms with Crippen LogP contribution in [-0.4, -0.2) is 86.8 Å². The normalized spacial score (nSPS) is 10.6. The Bertz CT molecular complexity index is 1660. The van der Waals surface area contributed by atoms with E-state index in [1.807, 2.05) is 54.6 Å². The summed E-state index contributed by atoms with van der Waals surface area (Å²) < 4.78 is 29.3. The number of carboxylic acid groups (broad SMARTS) is 2. The molecule has 0 unspecified atom stereocenters. The van der Waals surface area contributed by atoms with Crippen LogP contribution in [0.5, 0.6) is 28.7 Å². The standard InChI is InChI=1S/C32H38N2O6.C2H2O4/c1-33(16-14-22-18-29(37-4)31(39-6)30(19-22)38-5)15-7-17-40-25-11-8-23(9-12-25)28-20-24-10-13-26(36-3)21-27(24)32(35)34(28)2;3-1(4)2(5)6/h8-13,18-21H,7,14-17H2,1-6H3;(H,3,4)(H,5,6). The molecule has 4 aromatic rings. The van der Waals surface area contributed by atoms with Crippen molar-refractivity contribution in [2.45, 2.75) is 12.8 Å². The Morgan fingerprint density at radius 2 is 1.39 bits per heavy atom. The first-order valence-corrected chi connectivity index (χ1v) is 14.4. The van der Waals surface area contributed by atoms with Crippen molar-refractivity contribution in [3.63, 3.8) is 0 Å². The summed E-state index contributed by atoms with van der Waals surface area (Å²) in [6.45, 7) is 2.42. The summed E-state index contributed by atoms with van der Waals surface area (Å²) in [7, 11) is 10.4. The molecule has 0 aliphatic heterocycles. The Morgan fingerprint density at radius 3 is 1.93 bits per heavy atom. The first-order valence-electron chi connectivity index (χ1n) is 14.4. The maximum Gasteiger partial charge on any atom is 0.414 e. The van der Waals surface area contributed by atoms with Gasteiger partial charge in [0, 0.05) is 20.1 Å². The van der Waals surface area contributed by atoms with E-state index in [-0.39, 0.29) is 5.56 Å². The molecule has 0 saturated carbocycles. The van der Waals surface area contributed by atoms with Crippen molar-refractivity contribution in [2.75, 3.05) is 55.2 Å². The number of hydrogen-bond acceptors (Lipinski definition) is 9. The Kier molecular flexibility index (Phi) is 12.8. The number of pyridine rings is 1. The molecule has 3 aromatic carbocycles. The molecule has 0 saturated heterocycles. The number of ether oxygens (including phenoxy) is 5. The molecule has 1 aromatic heterocycles. The van der Waals surface area contributed by atoms with Gasteiger partial charge in [0.1, 0.15) is 11.5 Å². The molecular weight excluding hydrogens is 596 g/mol. The molecule has 12 heteroatoms. The van der Waals surface area contributed by atoms with E-state index in [4.69, 9.17) is 43.5 Å². The summed E-state index contributed by atoms with van der Waals surface area (Å²) in [5, 5.41) is 16.3. The minimum absolute atomic E-state index is 0.0545. The van der Waals surface area contributed by atoms with Gasteiger partial charge in [-0.1, -0.05) is 6.07 Å². The summed E-state index contributed by atoms with van der Waals surface area (Å²) in [6, 6.07) is 19.5. The highest BCUT2D eigenvalue weighted by Crippen LogP contribution is 2.38. The van der Waals surface area contributed by atoms with Crippen molar-refractivity contribution in [3.05, 3.63) is 76.6 Å². The van der Waals surface area contributed by atoms with E-state index in [0.29, 0.717) is 35.0 Å². The van der Waals surface area contributed by atoms with E-state index in [9.17, 15) is 4.79 Å². The smallest absolute Gasteiger partial charge is 0.414 e. The summed E-state index contributed by atoms with van der Waals surface area (Å²) in [5.41, 5.74) is 2.88. The lowest BCUT2D eigenvalue weighted by Gasteiger charge is -2.18. The van der Waals surface area contributed by atoms with E-state index in [1.54, 1.807) is 46.1 Å². The lowest BCUT2D eigenvalue weighted by atomic mass is 10.1. The average molecular weight is 637 g/mol. The van der Waals surface area contributed by atoms with Crippen molar-refractivity contribution in [1.82, 2.24) is 9.47 Å². The van der Waals surface area contributed by atoms with Gasteiger partial charge in [-0.3, -0.25) is 4.79 Å². The number of methoxy groups -OCH3 is 4. The van der Waals surface area contributed by atoms with Gasteiger partial charge in [0.15, 0.2) is 11.5 Å². The first-order chi connectivity index (χ1) is 22.0. The third-order valence-corrected chi connectivity index (χ3v) is 7.24. The second kappa shape index (κ2) is 16.7. The number of carbonyl (C=O) groups is 2. The van der Waals surface area contributed by atoms with Gasteiger partial charge in [-0.2, -0.15) is 0 Å². The summed E-state index contributed by atoms with van der Waals surface area (Å²) in [5.74, 6) is -0.229. The predicted molar refractivity (Wildman–Crippen MR) is 174 cm³/mol. The lowest BCUT2D eigenvalue weighted by molar-refractivity contribution is -0.159. The van der Waals surface area contributed by atoms with Crippen LogP contribution in [0.1, 0.15) is 12.0 Å². The summed E-state index contributed by atoms with van der Waals surface area (Å²) in [4.78, 5) is 33.4. The molecule has 0 fully saturated rings. The number of aliphatic carboxylic acids is 2. The van der Waals surface area contributed by atoms with Crippen molar-refractivity contribution in [3.8, 4) is 40.0 Å². The highest BCUT2D eigenvalue weighted by molar-refractivity contribution is 6.27. The van der Waals surface area contributed by atoms with Crippen LogP contribution in [0.15, 0.2) is 65.5 Å². The monoisotopic (exact) mass is 636 g/mol. The van der Waals surface area contributed by atoms with Gasteiger partial charge in [0.25, 0.3) is 5.56 Å². The SMILES string of the molecule is COc1ccc2cc(-c3ccc(OCCCN(C)CCc4cc(OC)c(OC)c(OC)c4)cc3)n(C)c(=O)c2c1.O=C(O)C(=O)O. The second-order valence-corrected chi connectivity index (χ2v) is 10.3. The van der Waals surface area contributed by atoms with Crippen LogP contribution in [0.2, 0.25) is 0 Å². The first kappa shape index (κ1) is 35.3. The van der Waals surface area contributed by atoms with E-state index in [1.165, 1.54) is 0 Å². The molecule has 246 valence electrons. The zero-order valence-electron chi connectivity index (χ0n) is 26.9. The molecule has 2 N–H and O–H groups in total. The number of nitrogens with zero attached hydrogens (tertiary/aromatic N) is 2. The number of hydrogen-bond donors (Lipinski definition) is 2. The molecule has 0 bridgehead atoms. The minimum atomic E-state index is -1.82. The maximum atomic E-state index is 13.0. The number of fused-ring (bicyclic) bond motifs is 1. The van der Waals surface area contributed by atoms with Gasteiger partial charge in [0.05, 0.1) is 46.1 Å². The van der Waals surface area contributed by atoms with Gasteiger partial charge in [-0.25, -0.2) is 9.59 Å². The average Bonchev–Trinajstić information content (AvgIpc) is 3.07. The molecule has 46 heavy (non-hydrogen) atoms. The largest absolute Gasteiger partial charge is 0.497 e. The minimum Gasteiger partial charge on any atom is -0.497 e. The molecule has 4 rings (SSSR count).